The summed E-state index contributed by atoms with van der Waals surface area (Å²) < 4.78 is 25.2. The largest absolute Gasteiger partial charge is 0.341 e. The molecule has 1 aromatic carbocycles. The van der Waals surface area contributed by atoms with Gasteiger partial charge in [0, 0.05) is 45.6 Å². The number of benzene rings is 1. The predicted molar refractivity (Wildman–Crippen MR) is 92.2 cm³/mol. The molecule has 0 fully saturated rings. The van der Waals surface area contributed by atoms with Gasteiger partial charge in [0.2, 0.25) is 10.0 Å². The number of likely N-dealkylation sites (N-methyl/N-ethyl adjacent to an activating group) is 1. The van der Waals surface area contributed by atoms with Crippen LogP contribution >= 0.6 is 0 Å². The van der Waals surface area contributed by atoms with Gasteiger partial charge in [0.05, 0.1) is 4.90 Å². The Labute approximate surface area is 142 Å². The Bertz CT molecular complexity index is 788. The topological polar surface area (TPSA) is 70.6 Å². The Balaban J connectivity index is 2.04. The third kappa shape index (κ3) is 4.18. The van der Waals surface area contributed by atoms with Crippen LogP contribution in [0.25, 0.3) is 0 Å². The molecule has 0 atom stereocenters. The molecule has 0 aliphatic heterocycles. The van der Waals surface area contributed by atoms with Crippen LogP contribution in [-0.2, 0) is 16.4 Å². The van der Waals surface area contributed by atoms with Crippen LogP contribution in [0.4, 0.5) is 0 Å². The number of amides is 1. The van der Waals surface area contributed by atoms with Gasteiger partial charge in [-0.2, -0.15) is 0 Å². The summed E-state index contributed by atoms with van der Waals surface area (Å²) in [6.45, 7) is 0.570. The quantitative estimate of drug-likeness (QED) is 0.797. The average Bonchev–Trinajstić information content (AvgIpc) is 2.60. The molecule has 24 heavy (non-hydrogen) atoms. The van der Waals surface area contributed by atoms with Crippen molar-refractivity contribution in [2.75, 3.05) is 27.7 Å². The first kappa shape index (κ1) is 18.1. The maximum atomic E-state index is 12.4. The normalized spacial score (nSPS) is 11.5. The maximum absolute atomic E-state index is 12.4. The molecule has 0 aliphatic carbocycles. The van der Waals surface area contributed by atoms with Gasteiger partial charge < -0.3 is 4.90 Å². The molecule has 0 N–H and O–H groups in total. The maximum Gasteiger partial charge on any atom is 0.253 e. The molecule has 1 amide bonds. The van der Waals surface area contributed by atoms with Crippen molar-refractivity contribution in [3.8, 4) is 0 Å². The molecule has 7 heteroatoms. The number of carbonyl (C=O) groups excluding carboxylic acids is 1. The van der Waals surface area contributed by atoms with Gasteiger partial charge in [-0.15, -0.1) is 0 Å². The van der Waals surface area contributed by atoms with Crippen LogP contribution in [0.1, 0.15) is 15.9 Å². The first-order chi connectivity index (χ1) is 11.3. The number of carbonyl (C=O) groups is 1. The van der Waals surface area contributed by atoms with Crippen LogP contribution in [0, 0.1) is 0 Å². The molecular weight excluding hydrogens is 326 g/mol. The molecule has 0 saturated heterocycles. The van der Waals surface area contributed by atoms with E-state index >= 15 is 0 Å². The minimum absolute atomic E-state index is 0.141. The molecule has 6 nitrogen and oxygen atoms in total. The van der Waals surface area contributed by atoms with Crippen molar-refractivity contribution in [1.82, 2.24) is 14.2 Å². The predicted octanol–water partition coefficient (Wildman–Crippen LogP) is 1.65. The zero-order chi connectivity index (χ0) is 17.7. The number of hydrogen-bond donors (Lipinski definition) is 0. The third-order valence-corrected chi connectivity index (χ3v) is 5.54. The summed E-state index contributed by atoms with van der Waals surface area (Å²) in [5.74, 6) is -0.141. The smallest absolute Gasteiger partial charge is 0.253 e. The van der Waals surface area contributed by atoms with Crippen LogP contribution in [0.5, 0.6) is 0 Å². The van der Waals surface area contributed by atoms with E-state index in [2.05, 4.69) is 4.98 Å². The fourth-order valence-corrected chi connectivity index (χ4v) is 3.05. The molecule has 0 saturated carbocycles. The molecule has 0 radical (unpaired) electrons. The van der Waals surface area contributed by atoms with E-state index in [1.807, 2.05) is 12.1 Å². The van der Waals surface area contributed by atoms with E-state index in [-0.39, 0.29) is 10.8 Å². The van der Waals surface area contributed by atoms with E-state index in [1.165, 1.54) is 26.2 Å². The summed E-state index contributed by atoms with van der Waals surface area (Å²) in [6.07, 6.45) is 4.18. The Morgan fingerprint density at radius 1 is 1.00 bits per heavy atom. The molecule has 0 unspecified atom stereocenters. The van der Waals surface area contributed by atoms with E-state index in [4.69, 9.17) is 0 Å². The van der Waals surface area contributed by atoms with E-state index in [0.29, 0.717) is 12.1 Å². The fraction of sp³-hybridized carbons (Fsp3) is 0.294. The molecule has 1 aromatic heterocycles. The van der Waals surface area contributed by atoms with Gasteiger partial charge in [-0.3, -0.25) is 9.78 Å². The zero-order valence-electron chi connectivity index (χ0n) is 14.0. The Kier molecular flexibility index (Phi) is 5.69. The highest BCUT2D eigenvalue weighted by Gasteiger charge is 2.18. The van der Waals surface area contributed by atoms with E-state index in [9.17, 15) is 13.2 Å². The molecule has 1 heterocycles. The highest BCUT2D eigenvalue weighted by molar-refractivity contribution is 7.89. The first-order valence-corrected chi connectivity index (χ1v) is 8.93. The monoisotopic (exact) mass is 347 g/mol. The summed E-state index contributed by atoms with van der Waals surface area (Å²) in [5, 5.41) is 0. The highest BCUT2D eigenvalue weighted by atomic mass is 32.2. The minimum atomic E-state index is -3.48. The second kappa shape index (κ2) is 7.55. The SMILES string of the molecule is CN(CCc1ccncc1)C(=O)c1ccc(S(=O)(=O)N(C)C)cc1. The summed E-state index contributed by atoms with van der Waals surface area (Å²) in [4.78, 5) is 18.2. The van der Waals surface area contributed by atoms with Crippen LogP contribution in [0.2, 0.25) is 0 Å². The number of aromatic nitrogens is 1. The van der Waals surface area contributed by atoms with Crippen molar-refractivity contribution in [2.45, 2.75) is 11.3 Å². The minimum Gasteiger partial charge on any atom is -0.341 e. The summed E-state index contributed by atoms with van der Waals surface area (Å²) in [7, 11) is 1.19. The van der Waals surface area contributed by atoms with Crippen molar-refractivity contribution in [2.24, 2.45) is 0 Å². The molecule has 0 spiro atoms. The number of hydrogen-bond acceptors (Lipinski definition) is 4. The second-order valence-corrected chi connectivity index (χ2v) is 7.80. The fourth-order valence-electron chi connectivity index (χ4n) is 2.15. The highest BCUT2D eigenvalue weighted by Crippen LogP contribution is 2.15. The van der Waals surface area contributed by atoms with Crippen LogP contribution in [-0.4, -0.2) is 56.2 Å². The average molecular weight is 347 g/mol. The summed E-state index contributed by atoms with van der Waals surface area (Å²) in [6, 6.07) is 9.83. The lowest BCUT2D eigenvalue weighted by Gasteiger charge is -2.17. The lowest BCUT2D eigenvalue weighted by molar-refractivity contribution is 0.0796. The Morgan fingerprint density at radius 3 is 2.12 bits per heavy atom. The number of sulfonamides is 1. The van der Waals surface area contributed by atoms with Crippen molar-refractivity contribution < 1.29 is 13.2 Å². The lowest BCUT2D eigenvalue weighted by atomic mass is 10.1. The second-order valence-electron chi connectivity index (χ2n) is 5.64. The Hall–Kier alpha value is -2.25. The molecule has 0 bridgehead atoms. The zero-order valence-corrected chi connectivity index (χ0v) is 14.8. The summed E-state index contributed by atoms with van der Waals surface area (Å²) >= 11 is 0. The molecule has 2 aromatic rings. The van der Waals surface area contributed by atoms with Crippen molar-refractivity contribution in [3.63, 3.8) is 0 Å². The van der Waals surface area contributed by atoms with Crippen LogP contribution < -0.4 is 0 Å². The molecule has 2 rings (SSSR count). The van der Waals surface area contributed by atoms with E-state index in [0.717, 1.165) is 16.3 Å². The van der Waals surface area contributed by atoms with E-state index < -0.39 is 10.0 Å². The van der Waals surface area contributed by atoms with Crippen molar-refractivity contribution in [3.05, 3.63) is 59.9 Å². The standard InChI is InChI=1S/C17H21N3O3S/c1-19(2)24(22,23)16-6-4-15(5-7-16)17(21)20(3)13-10-14-8-11-18-12-9-14/h4-9,11-12H,10,13H2,1-3H3. The van der Waals surface area contributed by atoms with Gasteiger partial charge in [0.1, 0.15) is 0 Å². The third-order valence-electron chi connectivity index (χ3n) is 3.71. The first-order valence-electron chi connectivity index (χ1n) is 7.49. The number of nitrogens with zero attached hydrogens (tertiary/aromatic N) is 3. The van der Waals surface area contributed by atoms with Crippen LogP contribution in [0.15, 0.2) is 53.7 Å². The van der Waals surface area contributed by atoms with Gasteiger partial charge in [-0.25, -0.2) is 12.7 Å². The van der Waals surface area contributed by atoms with Crippen molar-refractivity contribution >= 4 is 15.9 Å². The Morgan fingerprint density at radius 2 is 1.58 bits per heavy atom. The number of pyridine rings is 1. The van der Waals surface area contributed by atoms with Crippen LogP contribution in [0.3, 0.4) is 0 Å². The van der Waals surface area contributed by atoms with E-state index in [1.54, 1.807) is 36.5 Å². The molecule has 0 aliphatic rings. The van der Waals surface area contributed by atoms with Gasteiger partial charge in [0.25, 0.3) is 5.91 Å². The molecular formula is C17H21N3O3S. The van der Waals surface area contributed by atoms with Crippen molar-refractivity contribution in [1.29, 1.82) is 0 Å². The van der Waals surface area contributed by atoms with Gasteiger partial charge >= 0.3 is 0 Å². The van der Waals surface area contributed by atoms with Gasteiger partial charge in [-0.1, -0.05) is 0 Å². The van der Waals surface area contributed by atoms with Gasteiger partial charge in [-0.05, 0) is 48.4 Å². The molecule has 128 valence electrons. The van der Waals surface area contributed by atoms with Gasteiger partial charge in [0.15, 0.2) is 0 Å². The lowest BCUT2D eigenvalue weighted by Crippen LogP contribution is -2.29. The summed E-state index contributed by atoms with van der Waals surface area (Å²) in [5.41, 5.74) is 1.57. The number of rotatable bonds is 6.